The van der Waals surface area contributed by atoms with Crippen LogP contribution in [-0.4, -0.2) is 33.3 Å². The molecule has 0 N–H and O–H groups in total. The molecule has 0 amide bonds. The van der Waals surface area contributed by atoms with Gasteiger partial charge in [0.1, 0.15) is 5.25 Å². The number of carbonyl (C=O) groups is 1. The van der Waals surface area contributed by atoms with E-state index in [1.165, 1.54) is 18.9 Å². The van der Waals surface area contributed by atoms with Gasteiger partial charge >= 0.3 is 5.97 Å². The number of rotatable bonds is 5. The molecule has 1 aromatic carbocycles. The van der Waals surface area contributed by atoms with E-state index < -0.39 is 0 Å². The summed E-state index contributed by atoms with van der Waals surface area (Å²) >= 11 is 1.50. The second-order valence-electron chi connectivity index (χ2n) is 4.37. The molecule has 0 radical (unpaired) electrons. The van der Waals surface area contributed by atoms with Crippen LogP contribution in [0.2, 0.25) is 0 Å². The summed E-state index contributed by atoms with van der Waals surface area (Å²) in [5.41, 5.74) is 1.80. The Balaban J connectivity index is 2.07. The fraction of sp³-hybridized carbons (Fsp3) is 0.357. The highest BCUT2D eigenvalue weighted by Crippen LogP contribution is 2.30. The Kier molecular flexibility index (Phi) is 4.79. The van der Waals surface area contributed by atoms with E-state index >= 15 is 0 Å². The summed E-state index contributed by atoms with van der Waals surface area (Å²) in [6.07, 6.45) is 1.89. The fourth-order valence-corrected chi connectivity index (χ4v) is 2.83. The van der Waals surface area contributed by atoms with Gasteiger partial charge in [0, 0.05) is 5.25 Å². The lowest BCUT2D eigenvalue weighted by molar-refractivity contribution is -0.139. The zero-order chi connectivity index (χ0) is 14.5. The van der Waals surface area contributed by atoms with Gasteiger partial charge in [-0.15, -0.1) is 16.9 Å². The number of nitrogens with zero attached hydrogens (tertiary/aromatic N) is 3. The maximum absolute atomic E-state index is 11.4. The normalized spacial score (nSPS) is 13.8. The van der Waals surface area contributed by atoms with Gasteiger partial charge in [-0.25, -0.2) is 4.68 Å². The van der Waals surface area contributed by atoms with Gasteiger partial charge in [0.2, 0.25) is 0 Å². The summed E-state index contributed by atoms with van der Waals surface area (Å²) in [6.45, 7) is 3.83. The van der Waals surface area contributed by atoms with Crippen LogP contribution in [0.5, 0.6) is 0 Å². The number of ether oxygens (including phenoxy) is 1. The minimum absolute atomic E-state index is 0.0709. The molecule has 0 fully saturated rings. The SMILES string of the molecule is COC(=O)[C@H](C)S[C@H](C)c1cn(-c2ccccc2)nn1. The van der Waals surface area contributed by atoms with Gasteiger partial charge in [-0.1, -0.05) is 23.4 Å². The maximum atomic E-state index is 11.4. The molecular weight excluding hydrogens is 274 g/mol. The van der Waals surface area contributed by atoms with Gasteiger partial charge in [-0.05, 0) is 26.0 Å². The van der Waals surface area contributed by atoms with Crippen LogP contribution in [0.15, 0.2) is 36.5 Å². The predicted octanol–water partition coefficient (Wildman–Crippen LogP) is 2.62. The molecular formula is C14H17N3O2S. The van der Waals surface area contributed by atoms with Gasteiger partial charge < -0.3 is 4.74 Å². The third-order valence-electron chi connectivity index (χ3n) is 2.89. The highest BCUT2D eigenvalue weighted by atomic mass is 32.2. The molecule has 2 atom stereocenters. The molecule has 0 unspecified atom stereocenters. The molecule has 0 saturated heterocycles. The van der Waals surface area contributed by atoms with Crippen LogP contribution in [0, 0.1) is 0 Å². The number of carbonyl (C=O) groups excluding carboxylic acids is 1. The van der Waals surface area contributed by atoms with Crippen LogP contribution < -0.4 is 0 Å². The lowest BCUT2D eigenvalue weighted by Crippen LogP contribution is -2.15. The predicted molar refractivity (Wildman–Crippen MR) is 78.8 cm³/mol. The van der Waals surface area contributed by atoms with E-state index in [9.17, 15) is 4.79 Å². The number of thioether (sulfide) groups is 1. The number of benzene rings is 1. The Hall–Kier alpha value is -1.82. The Morgan fingerprint density at radius 1 is 1.30 bits per heavy atom. The topological polar surface area (TPSA) is 57.0 Å². The first-order chi connectivity index (χ1) is 9.61. The van der Waals surface area contributed by atoms with E-state index in [0.717, 1.165) is 11.4 Å². The summed E-state index contributed by atoms with van der Waals surface area (Å²) in [7, 11) is 1.40. The number of hydrogen-bond donors (Lipinski definition) is 0. The van der Waals surface area contributed by atoms with Crippen molar-refractivity contribution < 1.29 is 9.53 Å². The van der Waals surface area contributed by atoms with Crippen molar-refractivity contribution in [3.63, 3.8) is 0 Å². The molecule has 0 saturated carbocycles. The minimum atomic E-state index is -0.225. The Morgan fingerprint density at radius 3 is 2.65 bits per heavy atom. The van der Waals surface area contributed by atoms with Crippen molar-refractivity contribution in [2.45, 2.75) is 24.3 Å². The average molecular weight is 291 g/mol. The van der Waals surface area contributed by atoms with Crippen LogP contribution in [0.3, 0.4) is 0 Å². The third kappa shape index (κ3) is 3.39. The monoisotopic (exact) mass is 291 g/mol. The standard InChI is InChI=1S/C14H17N3O2S/c1-10(20-11(2)14(18)19-3)13-9-17(16-15-13)12-7-5-4-6-8-12/h4-11H,1-3H3/t10-,11+/m1/s1. The highest BCUT2D eigenvalue weighted by molar-refractivity contribution is 8.00. The second-order valence-corrected chi connectivity index (χ2v) is 6.05. The number of hydrogen-bond acceptors (Lipinski definition) is 5. The van der Waals surface area contributed by atoms with Crippen LogP contribution in [-0.2, 0) is 9.53 Å². The molecule has 6 heteroatoms. The zero-order valence-corrected chi connectivity index (χ0v) is 12.5. The molecule has 106 valence electrons. The van der Waals surface area contributed by atoms with E-state index in [1.807, 2.05) is 50.4 Å². The molecule has 0 spiro atoms. The van der Waals surface area contributed by atoms with Crippen molar-refractivity contribution in [3.8, 4) is 5.69 Å². The van der Waals surface area contributed by atoms with Gasteiger partial charge in [0.25, 0.3) is 0 Å². The van der Waals surface area contributed by atoms with E-state index in [1.54, 1.807) is 4.68 Å². The average Bonchev–Trinajstić information content (AvgIpc) is 2.97. The van der Waals surface area contributed by atoms with Crippen molar-refractivity contribution in [2.24, 2.45) is 0 Å². The van der Waals surface area contributed by atoms with Crippen molar-refractivity contribution in [2.75, 3.05) is 7.11 Å². The zero-order valence-electron chi connectivity index (χ0n) is 11.7. The van der Waals surface area contributed by atoms with Gasteiger partial charge in [0.15, 0.2) is 0 Å². The highest BCUT2D eigenvalue weighted by Gasteiger charge is 2.20. The van der Waals surface area contributed by atoms with Crippen LogP contribution >= 0.6 is 11.8 Å². The van der Waals surface area contributed by atoms with Crippen molar-refractivity contribution in [1.82, 2.24) is 15.0 Å². The van der Waals surface area contributed by atoms with Crippen LogP contribution in [0.4, 0.5) is 0 Å². The molecule has 1 aromatic heterocycles. The number of aromatic nitrogens is 3. The molecule has 20 heavy (non-hydrogen) atoms. The second kappa shape index (κ2) is 6.56. The molecule has 1 heterocycles. The Labute approximate surface area is 122 Å². The minimum Gasteiger partial charge on any atom is -0.468 e. The van der Waals surface area contributed by atoms with Crippen molar-refractivity contribution in [3.05, 3.63) is 42.2 Å². The number of esters is 1. The summed E-state index contributed by atoms with van der Waals surface area (Å²) in [4.78, 5) is 11.4. The van der Waals surface area contributed by atoms with Crippen molar-refractivity contribution >= 4 is 17.7 Å². The molecule has 2 rings (SSSR count). The van der Waals surface area contributed by atoms with E-state index in [2.05, 4.69) is 10.3 Å². The van der Waals surface area contributed by atoms with Gasteiger partial charge in [-0.3, -0.25) is 4.79 Å². The lowest BCUT2D eigenvalue weighted by atomic mass is 10.3. The summed E-state index contributed by atoms with van der Waals surface area (Å²) in [5, 5.41) is 8.13. The van der Waals surface area contributed by atoms with E-state index in [-0.39, 0.29) is 16.5 Å². The summed E-state index contributed by atoms with van der Waals surface area (Å²) in [6, 6.07) is 9.79. The molecule has 5 nitrogen and oxygen atoms in total. The maximum Gasteiger partial charge on any atom is 0.318 e. The smallest absolute Gasteiger partial charge is 0.318 e. The van der Waals surface area contributed by atoms with Gasteiger partial charge in [-0.2, -0.15) is 0 Å². The Bertz CT molecular complexity index is 571. The first-order valence-electron chi connectivity index (χ1n) is 6.32. The van der Waals surface area contributed by atoms with Crippen LogP contribution in [0.1, 0.15) is 24.8 Å². The molecule has 0 aliphatic rings. The molecule has 0 bridgehead atoms. The van der Waals surface area contributed by atoms with E-state index in [0.29, 0.717) is 0 Å². The summed E-state index contributed by atoms with van der Waals surface area (Å²) < 4.78 is 6.45. The largest absolute Gasteiger partial charge is 0.468 e. The summed E-state index contributed by atoms with van der Waals surface area (Å²) in [5.74, 6) is -0.225. The quantitative estimate of drug-likeness (QED) is 0.793. The molecule has 2 aromatic rings. The van der Waals surface area contributed by atoms with Crippen molar-refractivity contribution in [1.29, 1.82) is 0 Å². The van der Waals surface area contributed by atoms with Gasteiger partial charge in [0.05, 0.1) is 24.7 Å². The first-order valence-corrected chi connectivity index (χ1v) is 7.27. The number of para-hydroxylation sites is 1. The third-order valence-corrected chi connectivity index (χ3v) is 4.14. The molecule has 0 aliphatic heterocycles. The fourth-order valence-electron chi connectivity index (χ4n) is 1.77. The van der Waals surface area contributed by atoms with Crippen LogP contribution in [0.25, 0.3) is 5.69 Å². The molecule has 0 aliphatic carbocycles. The number of methoxy groups -OCH3 is 1. The first kappa shape index (κ1) is 14.6. The Morgan fingerprint density at radius 2 is 2.00 bits per heavy atom. The lowest BCUT2D eigenvalue weighted by Gasteiger charge is -2.12. The van der Waals surface area contributed by atoms with E-state index in [4.69, 9.17) is 4.74 Å².